The summed E-state index contributed by atoms with van der Waals surface area (Å²) < 4.78 is 42.1. The zero-order chi connectivity index (χ0) is 21.6. The maximum absolute atomic E-state index is 12.5. The van der Waals surface area contributed by atoms with Crippen LogP contribution in [-0.2, 0) is 20.6 Å². The number of alkyl halides is 3. The molecular weight excluding hydrogens is 413 g/mol. The zero-order valence-electron chi connectivity index (χ0n) is 15.5. The average molecular weight is 431 g/mol. The molecule has 2 saturated heterocycles. The van der Waals surface area contributed by atoms with Gasteiger partial charge in [0.15, 0.2) is 0 Å². The van der Waals surface area contributed by atoms with Crippen LogP contribution < -0.4 is 15.2 Å². The third-order valence-electron chi connectivity index (χ3n) is 4.76. The number of carbonyl (C=O) groups is 3. The molecule has 0 radical (unpaired) electrons. The fourth-order valence-corrected chi connectivity index (χ4v) is 4.99. The van der Waals surface area contributed by atoms with Crippen molar-refractivity contribution in [2.24, 2.45) is 0 Å². The number of aliphatic carboxylic acids is 1. The number of thioether (sulfide) groups is 1. The molecular formula is C18H18F3N2O5S-. The van der Waals surface area contributed by atoms with Gasteiger partial charge in [0.05, 0.1) is 30.6 Å². The van der Waals surface area contributed by atoms with Crippen LogP contribution in [0.1, 0.15) is 25.8 Å². The molecule has 29 heavy (non-hydrogen) atoms. The number of carbonyl (C=O) groups excluding carboxylic acids is 3. The number of hydrogen-bond donors (Lipinski definition) is 1. The standard InChI is InChI=1S/C18H19F3N2O5S/c1-17(2)13(16(26)27)23-14(25)12(15(23)29-17)22-11(24)7-8-28-10-5-3-9(4-6-10)18(19,20)21/h3-6,12-13,15H,7-8H2,1-2H3,(H,22,24)(H,26,27)/p-1/t12?,13?,15-/m1/s1. The predicted octanol–water partition coefficient (Wildman–Crippen LogP) is 0.771. The predicted molar refractivity (Wildman–Crippen MR) is 94.6 cm³/mol. The molecule has 1 N–H and O–H groups in total. The monoisotopic (exact) mass is 431 g/mol. The Labute approximate surface area is 168 Å². The van der Waals surface area contributed by atoms with Gasteiger partial charge in [-0.3, -0.25) is 9.59 Å². The zero-order valence-corrected chi connectivity index (χ0v) is 16.3. The van der Waals surface area contributed by atoms with Crippen molar-refractivity contribution in [1.29, 1.82) is 0 Å². The maximum atomic E-state index is 12.5. The van der Waals surface area contributed by atoms with Crippen molar-refractivity contribution >= 4 is 29.5 Å². The molecule has 1 aromatic carbocycles. The molecule has 2 heterocycles. The van der Waals surface area contributed by atoms with E-state index in [0.717, 1.165) is 24.3 Å². The third-order valence-corrected chi connectivity index (χ3v) is 6.33. The topological polar surface area (TPSA) is 98.8 Å². The fraction of sp³-hybridized carbons (Fsp3) is 0.500. The molecule has 3 rings (SSSR count). The number of rotatable bonds is 6. The highest BCUT2D eigenvalue weighted by Gasteiger charge is 2.62. The van der Waals surface area contributed by atoms with E-state index in [-0.39, 0.29) is 18.8 Å². The van der Waals surface area contributed by atoms with Crippen LogP contribution in [0.25, 0.3) is 0 Å². The molecule has 0 aliphatic carbocycles. The van der Waals surface area contributed by atoms with Crippen LogP contribution in [0.3, 0.4) is 0 Å². The lowest BCUT2D eigenvalue weighted by Crippen LogP contribution is -2.71. The second-order valence-corrected chi connectivity index (χ2v) is 9.02. The number of benzene rings is 1. The fourth-order valence-electron chi connectivity index (χ4n) is 3.37. The largest absolute Gasteiger partial charge is 0.548 e. The van der Waals surface area contributed by atoms with Crippen molar-refractivity contribution < 1.29 is 37.4 Å². The van der Waals surface area contributed by atoms with Crippen molar-refractivity contribution in [3.63, 3.8) is 0 Å². The Hall–Kier alpha value is -2.43. The molecule has 2 aliphatic rings. The van der Waals surface area contributed by atoms with E-state index in [1.165, 1.54) is 16.7 Å². The van der Waals surface area contributed by atoms with Gasteiger partial charge in [0.2, 0.25) is 11.8 Å². The quantitative estimate of drug-likeness (QED) is 0.669. The summed E-state index contributed by atoms with van der Waals surface area (Å²) in [5.74, 6) is -2.13. The van der Waals surface area contributed by atoms with E-state index in [1.807, 2.05) is 0 Å². The van der Waals surface area contributed by atoms with Crippen molar-refractivity contribution in [3.8, 4) is 5.75 Å². The van der Waals surface area contributed by atoms with E-state index < -0.39 is 51.7 Å². The first-order valence-electron chi connectivity index (χ1n) is 8.72. The molecule has 0 bridgehead atoms. The third kappa shape index (κ3) is 4.14. The first kappa shape index (κ1) is 21.3. The molecule has 0 spiro atoms. The number of halogens is 3. The summed E-state index contributed by atoms with van der Waals surface area (Å²) >= 11 is 1.28. The summed E-state index contributed by atoms with van der Waals surface area (Å²) in [6, 6.07) is 2.17. The van der Waals surface area contributed by atoms with E-state index in [9.17, 15) is 32.7 Å². The van der Waals surface area contributed by atoms with Crippen LogP contribution in [0, 0.1) is 0 Å². The summed E-state index contributed by atoms with van der Waals surface area (Å²) in [4.78, 5) is 36.9. The van der Waals surface area contributed by atoms with Gasteiger partial charge in [-0.1, -0.05) is 0 Å². The molecule has 11 heteroatoms. The van der Waals surface area contributed by atoms with Crippen molar-refractivity contribution in [2.45, 2.75) is 48.6 Å². The van der Waals surface area contributed by atoms with Gasteiger partial charge in [-0.25, -0.2) is 0 Å². The normalized spacial score (nSPS) is 25.2. The van der Waals surface area contributed by atoms with Crippen molar-refractivity contribution in [2.75, 3.05) is 6.61 Å². The Morgan fingerprint density at radius 2 is 1.90 bits per heavy atom. The Morgan fingerprint density at radius 3 is 2.45 bits per heavy atom. The molecule has 2 amide bonds. The highest BCUT2D eigenvalue weighted by molar-refractivity contribution is 8.01. The van der Waals surface area contributed by atoms with Crippen molar-refractivity contribution in [1.82, 2.24) is 10.2 Å². The molecule has 1 aromatic rings. The van der Waals surface area contributed by atoms with Crippen LogP contribution >= 0.6 is 11.8 Å². The number of carboxylic acid groups (broad SMARTS) is 1. The summed E-state index contributed by atoms with van der Waals surface area (Å²) in [5, 5.41) is 13.4. The minimum absolute atomic E-state index is 0.0905. The van der Waals surface area contributed by atoms with Crippen molar-refractivity contribution in [3.05, 3.63) is 29.8 Å². The molecule has 3 atom stereocenters. The molecule has 2 unspecified atom stereocenters. The van der Waals surface area contributed by atoms with Crippen LogP contribution in [0.4, 0.5) is 13.2 Å². The van der Waals surface area contributed by atoms with Gasteiger partial charge in [0.1, 0.15) is 17.2 Å². The minimum atomic E-state index is -4.44. The smallest absolute Gasteiger partial charge is 0.416 e. The van der Waals surface area contributed by atoms with E-state index >= 15 is 0 Å². The van der Waals surface area contributed by atoms with Crippen LogP contribution in [0.5, 0.6) is 5.75 Å². The lowest BCUT2D eigenvalue weighted by molar-refractivity contribution is -0.312. The van der Waals surface area contributed by atoms with Gasteiger partial charge in [-0.15, -0.1) is 11.8 Å². The summed E-state index contributed by atoms with van der Waals surface area (Å²) in [7, 11) is 0. The summed E-state index contributed by atoms with van der Waals surface area (Å²) in [5.41, 5.74) is -0.803. The van der Waals surface area contributed by atoms with Gasteiger partial charge in [-0.05, 0) is 38.1 Å². The number of ether oxygens (including phenoxy) is 1. The molecule has 0 saturated carbocycles. The number of fused-ring (bicyclic) bond motifs is 1. The Morgan fingerprint density at radius 1 is 1.28 bits per heavy atom. The average Bonchev–Trinajstić information content (AvgIpc) is 2.87. The molecule has 158 valence electrons. The molecule has 2 fully saturated rings. The minimum Gasteiger partial charge on any atom is -0.548 e. The Kier molecular flexibility index (Phi) is 5.46. The van der Waals surface area contributed by atoms with Crippen LogP contribution in [-0.4, -0.2) is 51.5 Å². The number of nitrogens with one attached hydrogen (secondary N) is 1. The van der Waals surface area contributed by atoms with Gasteiger partial charge in [-0.2, -0.15) is 13.2 Å². The highest BCUT2D eigenvalue weighted by Crippen LogP contribution is 2.50. The second-order valence-electron chi connectivity index (χ2n) is 7.24. The Balaban J connectivity index is 1.49. The van der Waals surface area contributed by atoms with E-state index in [2.05, 4.69) is 5.32 Å². The number of β-lactam (4-membered cyclic amide) rings is 1. The van der Waals surface area contributed by atoms with E-state index in [4.69, 9.17) is 4.74 Å². The molecule has 2 aliphatic heterocycles. The number of carboxylic acids is 1. The van der Waals surface area contributed by atoms with E-state index in [1.54, 1.807) is 13.8 Å². The first-order chi connectivity index (χ1) is 13.4. The van der Waals surface area contributed by atoms with Gasteiger partial charge in [0, 0.05) is 4.75 Å². The number of amides is 2. The van der Waals surface area contributed by atoms with Gasteiger partial charge >= 0.3 is 6.18 Å². The number of nitrogens with zero attached hydrogens (tertiary/aromatic N) is 1. The second kappa shape index (κ2) is 7.43. The number of hydrogen-bond acceptors (Lipinski definition) is 6. The van der Waals surface area contributed by atoms with E-state index in [0.29, 0.717) is 0 Å². The van der Waals surface area contributed by atoms with Crippen LogP contribution in [0.15, 0.2) is 24.3 Å². The Bertz CT molecular complexity index is 828. The SMILES string of the molecule is CC1(C)S[C@@H]2C(NC(=O)CCOc3ccc(C(F)(F)F)cc3)C(=O)N2C1C(=O)[O-]. The molecule has 7 nitrogen and oxygen atoms in total. The summed E-state index contributed by atoms with van der Waals surface area (Å²) in [6.45, 7) is 3.30. The first-order valence-corrected chi connectivity index (χ1v) is 9.60. The summed E-state index contributed by atoms with van der Waals surface area (Å²) in [6.07, 6.45) is -4.56. The molecule has 0 aromatic heterocycles. The van der Waals surface area contributed by atoms with Gasteiger partial charge in [0.25, 0.3) is 0 Å². The highest BCUT2D eigenvalue weighted by atomic mass is 32.2. The maximum Gasteiger partial charge on any atom is 0.416 e. The lowest BCUT2D eigenvalue weighted by Gasteiger charge is -2.45. The lowest BCUT2D eigenvalue weighted by atomic mass is 9.96. The van der Waals surface area contributed by atoms with Gasteiger partial charge < -0.3 is 24.9 Å². The van der Waals surface area contributed by atoms with Crippen LogP contribution in [0.2, 0.25) is 0 Å².